The van der Waals surface area contributed by atoms with E-state index in [9.17, 15) is 58.2 Å². The van der Waals surface area contributed by atoms with E-state index in [2.05, 4.69) is 31.9 Å². The molecule has 1 aromatic carbocycles. The molecular formula is C43H64N10O13. The summed E-state index contributed by atoms with van der Waals surface area (Å²) in [6, 6.07) is -1.04. The highest BCUT2D eigenvalue weighted by Gasteiger charge is 2.45. The normalized spacial score (nSPS) is 27.6. The van der Waals surface area contributed by atoms with Crippen LogP contribution in [0.4, 0.5) is 0 Å². The lowest BCUT2D eigenvalue weighted by Gasteiger charge is -2.33. The monoisotopic (exact) mass is 928 g/mol. The SMILES string of the molecule is CC=C1NC(=O)C(O)C(CCC(C)C)NC(=O)C(CC(N)=O)NC(=O)C(Cc2ccccc2)NC(=O)C2CC(C)CN2C(=O)C(C(C)OC)NC(=O)C(C(O)C(N)=O)NC(=O)CN(C)C1=O. The molecule has 0 aliphatic carbocycles. The van der Waals surface area contributed by atoms with Crippen LogP contribution in [0.15, 0.2) is 42.1 Å². The van der Waals surface area contributed by atoms with Gasteiger partial charge in [0.2, 0.25) is 47.3 Å². The Hall–Kier alpha value is -6.46. The molecule has 2 heterocycles. The minimum Gasteiger partial charge on any atom is -0.381 e. The van der Waals surface area contributed by atoms with Crippen molar-refractivity contribution in [1.29, 1.82) is 0 Å². The molecule has 364 valence electrons. The second-order valence-corrected chi connectivity index (χ2v) is 17.0. The van der Waals surface area contributed by atoms with Crippen molar-refractivity contribution in [3.8, 4) is 0 Å². The van der Waals surface area contributed by atoms with Gasteiger partial charge in [-0.25, -0.2) is 0 Å². The Bertz CT molecular complexity index is 2000. The molecule has 23 heteroatoms. The van der Waals surface area contributed by atoms with Gasteiger partial charge in [-0.1, -0.05) is 57.2 Å². The number of hydrogen-bond donors (Lipinski definition) is 10. The molecule has 2 aliphatic heterocycles. The Morgan fingerprint density at radius 3 is 2.06 bits per heavy atom. The number of rotatable bonds is 11. The van der Waals surface area contributed by atoms with Crippen LogP contribution in [-0.4, -0.2) is 161 Å². The fourth-order valence-electron chi connectivity index (χ4n) is 7.39. The number of methoxy groups -OCH3 is 1. The number of fused-ring (bicyclic) bond motifs is 1. The number of nitrogens with two attached hydrogens (primary N) is 2. The average molecular weight is 929 g/mol. The first kappa shape index (κ1) is 53.9. The molecule has 0 spiro atoms. The maximum atomic E-state index is 14.4. The zero-order chi connectivity index (χ0) is 49.6. The maximum Gasteiger partial charge on any atom is 0.270 e. The van der Waals surface area contributed by atoms with Crippen LogP contribution < -0.4 is 43.4 Å². The van der Waals surface area contributed by atoms with Gasteiger partial charge in [-0.15, -0.1) is 0 Å². The van der Waals surface area contributed by atoms with E-state index in [1.54, 1.807) is 37.3 Å². The zero-order valence-corrected chi connectivity index (χ0v) is 38.2. The molecular weight excluding hydrogens is 865 g/mol. The lowest BCUT2D eigenvalue weighted by atomic mass is 9.98. The van der Waals surface area contributed by atoms with E-state index in [0.29, 0.717) is 12.0 Å². The van der Waals surface area contributed by atoms with Crippen LogP contribution in [0.5, 0.6) is 0 Å². The van der Waals surface area contributed by atoms with Crippen LogP contribution in [0.2, 0.25) is 0 Å². The van der Waals surface area contributed by atoms with Gasteiger partial charge in [0.15, 0.2) is 12.2 Å². The van der Waals surface area contributed by atoms with Crippen LogP contribution in [-0.2, 0) is 59.1 Å². The lowest BCUT2D eigenvalue weighted by molar-refractivity contribution is -0.146. The third-order valence-electron chi connectivity index (χ3n) is 11.2. The van der Waals surface area contributed by atoms with Crippen molar-refractivity contribution in [2.75, 3.05) is 27.2 Å². The largest absolute Gasteiger partial charge is 0.381 e. The van der Waals surface area contributed by atoms with Gasteiger partial charge in [-0.3, -0.25) is 47.9 Å². The number of likely N-dealkylation sites (N-methyl/N-ethyl adjacent to an activating group) is 1. The summed E-state index contributed by atoms with van der Waals surface area (Å²) in [5.41, 5.74) is 11.0. The number of amides is 10. The van der Waals surface area contributed by atoms with Crippen molar-refractivity contribution < 1.29 is 62.9 Å². The molecule has 10 amide bonds. The van der Waals surface area contributed by atoms with Gasteiger partial charge in [0, 0.05) is 27.1 Å². The predicted molar refractivity (Wildman–Crippen MR) is 234 cm³/mol. The lowest BCUT2D eigenvalue weighted by Crippen LogP contribution is -2.64. The summed E-state index contributed by atoms with van der Waals surface area (Å²) in [7, 11) is 2.37. The number of nitrogens with zero attached hydrogens (tertiary/aromatic N) is 2. The van der Waals surface area contributed by atoms with Crippen molar-refractivity contribution in [3.05, 3.63) is 47.7 Å². The molecule has 2 fully saturated rings. The summed E-state index contributed by atoms with van der Waals surface area (Å²) in [5.74, 6) is -10.9. The smallest absolute Gasteiger partial charge is 0.270 e. The maximum absolute atomic E-state index is 14.4. The minimum atomic E-state index is -2.36. The number of benzene rings is 1. The summed E-state index contributed by atoms with van der Waals surface area (Å²) in [5, 5.41) is 36.6. The van der Waals surface area contributed by atoms with E-state index in [4.69, 9.17) is 16.2 Å². The molecule has 10 unspecified atom stereocenters. The number of ether oxygens (including phenoxy) is 1. The van der Waals surface area contributed by atoms with E-state index in [0.717, 1.165) is 22.9 Å². The summed E-state index contributed by atoms with van der Waals surface area (Å²) in [4.78, 5) is 138. The van der Waals surface area contributed by atoms with Crippen molar-refractivity contribution in [3.63, 3.8) is 0 Å². The first-order chi connectivity index (χ1) is 31.0. The predicted octanol–water partition coefficient (Wildman–Crippen LogP) is -4.06. The van der Waals surface area contributed by atoms with E-state index >= 15 is 0 Å². The van der Waals surface area contributed by atoms with Gasteiger partial charge < -0.3 is 68.1 Å². The van der Waals surface area contributed by atoms with Crippen LogP contribution >= 0.6 is 0 Å². The molecule has 2 saturated heterocycles. The molecule has 0 radical (unpaired) electrons. The second kappa shape index (κ2) is 24.7. The second-order valence-electron chi connectivity index (χ2n) is 17.0. The van der Waals surface area contributed by atoms with Crippen LogP contribution in [0, 0.1) is 11.8 Å². The van der Waals surface area contributed by atoms with Crippen molar-refractivity contribution >= 4 is 59.1 Å². The number of hydrogen-bond acceptors (Lipinski definition) is 13. The number of carbonyl (C=O) groups is 10. The number of primary amides is 2. The highest BCUT2D eigenvalue weighted by molar-refractivity contribution is 6.02. The Balaban J connectivity index is 2.20. The standard InChI is InChI=1S/C43H64N10O13/c1-8-25-42(64)52(6)20-31(55)50-33(35(57)36(45)58)40(62)51-32(23(5)66-7)43(65)53-19-22(4)16-29(53)39(61)49-27(17-24-12-10-9-11-13-24)37(59)48-28(18-30(44)54)38(60)47-26(15-14-21(2)3)34(56)41(63)46-25/h8-13,21-23,26-29,32-35,56-57H,14-20H2,1-7H3,(H2,44,54)(H2,45,58)(H,46,63)(H,47,60)(H,48,59)(H,49,61)(H,50,55)(H,51,62). The van der Waals surface area contributed by atoms with E-state index in [1.807, 2.05) is 13.8 Å². The van der Waals surface area contributed by atoms with Gasteiger partial charge in [0.25, 0.3) is 11.8 Å². The van der Waals surface area contributed by atoms with Crippen LogP contribution in [0.1, 0.15) is 65.9 Å². The highest BCUT2D eigenvalue weighted by Crippen LogP contribution is 2.25. The third-order valence-corrected chi connectivity index (χ3v) is 11.2. The van der Waals surface area contributed by atoms with Crippen molar-refractivity contribution in [1.82, 2.24) is 41.7 Å². The quantitative estimate of drug-likeness (QED) is 0.0946. The molecule has 10 atom stereocenters. The Morgan fingerprint density at radius 1 is 0.864 bits per heavy atom. The van der Waals surface area contributed by atoms with Gasteiger partial charge in [0.05, 0.1) is 25.1 Å². The number of nitrogens with one attached hydrogen (secondary N) is 6. The summed E-state index contributed by atoms with van der Waals surface area (Å²) < 4.78 is 5.40. The summed E-state index contributed by atoms with van der Waals surface area (Å²) in [6.07, 6.45) is -4.82. The van der Waals surface area contributed by atoms with Crippen molar-refractivity contribution in [2.45, 2.75) is 121 Å². The van der Waals surface area contributed by atoms with Gasteiger partial charge in [0.1, 0.15) is 35.9 Å². The molecule has 0 saturated carbocycles. The number of aliphatic hydroxyl groups excluding tert-OH is 2. The fourth-order valence-corrected chi connectivity index (χ4v) is 7.39. The molecule has 1 aromatic rings. The van der Waals surface area contributed by atoms with Crippen molar-refractivity contribution in [2.24, 2.45) is 23.3 Å². The summed E-state index contributed by atoms with van der Waals surface area (Å²) in [6.45, 7) is 7.36. The number of aliphatic hydroxyl groups is 2. The topological polar surface area (TPSA) is 351 Å². The molecule has 0 aromatic heterocycles. The average Bonchev–Trinajstić information content (AvgIpc) is 3.67. The van der Waals surface area contributed by atoms with Crippen LogP contribution in [0.3, 0.4) is 0 Å². The Kier molecular flexibility index (Phi) is 20.2. The number of allylic oxidation sites excluding steroid dienone is 1. The van der Waals surface area contributed by atoms with E-state index in [1.165, 1.54) is 21.0 Å². The van der Waals surface area contributed by atoms with Gasteiger partial charge in [-0.05, 0) is 50.5 Å². The van der Waals surface area contributed by atoms with E-state index < -0.39 is 132 Å². The third kappa shape index (κ3) is 15.1. The summed E-state index contributed by atoms with van der Waals surface area (Å²) >= 11 is 0. The Morgan fingerprint density at radius 2 is 1.48 bits per heavy atom. The highest BCUT2D eigenvalue weighted by atomic mass is 16.5. The Labute approximate surface area is 382 Å². The molecule has 23 nitrogen and oxygen atoms in total. The van der Waals surface area contributed by atoms with Crippen LogP contribution in [0.25, 0.3) is 0 Å². The van der Waals surface area contributed by atoms with Gasteiger partial charge in [-0.2, -0.15) is 0 Å². The first-order valence-electron chi connectivity index (χ1n) is 21.5. The molecule has 3 rings (SSSR count). The molecule has 66 heavy (non-hydrogen) atoms. The minimum absolute atomic E-state index is 0.00154. The molecule has 0 bridgehead atoms. The first-order valence-corrected chi connectivity index (χ1v) is 21.5. The number of carbonyl (C=O) groups excluding carboxylic acids is 10. The molecule has 12 N–H and O–H groups in total. The zero-order valence-electron chi connectivity index (χ0n) is 38.2. The molecule has 2 aliphatic rings. The van der Waals surface area contributed by atoms with E-state index in [-0.39, 0.29) is 37.6 Å². The fraction of sp³-hybridized carbons (Fsp3) is 0.581. The van der Waals surface area contributed by atoms with Gasteiger partial charge >= 0.3 is 0 Å².